The fourth-order valence-corrected chi connectivity index (χ4v) is 3.17. The van der Waals surface area contributed by atoms with Crippen LogP contribution in [0.2, 0.25) is 10.0 Å². The normalized spacial score (nSPS) is 12.1. The summed E-state index contributed by atoms with van der Waals surface area (Å²) >= 11 is 12.6. The van der Waals surface area contributed by atoms with Gasteiger partial charge in [0.25, 0.3) is 0 Å². The molecule has 2 aromatic rings. The first-order valence-electron chi connectivity index (χ1n) is 8.50. The highest BCUT2D eigenvalue weighted by Crippen LogP contribution is 2.34. The van der Waals surface area contributed by atoms with Crippen LogP contribution in [0.5, 0.6) is 11.5 Å². The monoisotopic (exact) mass is 414 g/mol. The second-order valence-corrected chi connectivity index (χ2v) is 7.09. The van der Waals surface area contributed by atoms with E-state index in [4.69, 9.17) is 27.9 Å². The number of alkyl halides is 1. The molecule has 0 fully saturated rings. The van der Waals surface area contributed by atoms with E-state index in [9.17, 15) is 14.3 Å². The summed E-state index contributed by atoms with van der Waals surface area (Å²) in [7, 11) is 0. The Morgan fingerprint density at radius 2 is 1.81 bits per heavy atom. The van der Waals surface area contributed by atoms with E-state index in [1.54, 1.807) is 19.1 Å². The molecule has 0 bridgehead atoms. The molecule has 146 valence electrons. The second-order valence-electron chi connectivity index (χ2n) is 6.28. The SMILES string of the molecule is CCOC(=O)C(F)Oc1cc(Cl)c(Cc2ccc(O)c(C(C)C)c2)c(Cl)c1. The molecule has 0 spiro atoms. The number of carbonyl (C=O) groups is 1. The fourth-order valence-electron chi connectivity index (χ4n) is 2.57. The third-order valence-corrected chi connectivity index (χ3v) is 4.60. The van der Waals surface area contributed by atoms with E-state index in [1.165, 1.54) is 12.1 Å². The number of aromatic hydroxyl groups is 1. The quantitative estimate of drug-likeness (QED) is 0.594. The Bertz CT molecular complexity index is 801. The minimum Gasteiger partial charge on any atom is -0.508 e. The van der Waals surface area contributed by atoms with Crippen LogP contribution in [0.3, 0.4) is 0 Å². The molecule has 2 aromatic carbocycles. The molecular formula is C20H21Cl2FO4. The van der Waals surface area contributed by atoms with Crippen LogP contribution in [0.1, 0.15) is 43.4 Å². The summed E-state index contributed by atoms with van der Waals surface area (Å²) in [6.45, 7) is 5.60. The third-order valence-electron chi connectivity index (χ3n) is 3.92. The van der Waals surface area contributed by atoms with Gasteiger partial charge in [-0.3, -0.25) is 0 Å². The van der Waals surface area contributed by atoms with Crippen molar-refractivity contribution in [3.05, 3.63) is 57.1 Å². The summed E-state index contributed by atoms with van der Waals surface area (Å²) in [6, 6.07) is 8.12. The van der Waals surface area contributed by atoms with Crippen LogP contribution in [0.4, 0.5) is 4.39 Å². The smallest absolute Gasteiger partial charge is 0.381 e. The van der Waals surface area contributed by atoms with Crippen LogP contribution in [0, 0.1) is 0 Å². The molecule has 2 rings (SSSR count). The van der Waals surface area contributed by atoms with Crippen molar-refractivity contribution in [2.24, 2.45) is 0 Å². The lowest BCUT2D eigenvalue weighted by Crippen LogP contribution is -2.24. The summed E-state index contributed by atoms with van der Waals surface area (Å²) in [5, 5.41) is 10.5. The van der Waals surface area contributed by atoms with E-state index >= 15 is 0 Å². The number of phenols is 1. The van der Waals surface area contributed by atoms with Crippen molar-refractivity contribution in [1.29, 1.82) is 0 Å². The molecule has 0 aromatic heterocycles. The molecule has 4 nitrogen and oxygen atoms in total. The number of halogens is 3. The Morgan fingerprint density at radius 3 is 2.37 bits per heavy atom. The van der Waals surface area contributed by atoms with Gasteiger partial charge in [0.2, 0.25) is 0 Å². The fraction of sp³-hybridized carbons (Fsp3) is 0.350. The molecule has 0 aliphatic heterocycles. The van der Waals surface area contributed by atoms with Crippen LogP contribution in [-0.4, -0.2) is 24.0 Å². The molecule has 0 aliphatic carbocycles. The van der Waals surface area contributed by atoms with Gasteiger partial charge in [-0.2, -0.15) is 4.39 Å². The Kier molecular flexibility index (Phi) is 7.33. The van der Waals surface area contributed by atoms with Gasteiger partial charge in [0.05, 0.1) is 6.61 Å². The largest absolute Gasteiger partial charge is 0.508 e. The Labute approximate surface area is 167 Å². The summed E-state index contributed by atoms with van der Waals surface area (Å²) < 4.78 is 23.2. The highest BCUT2D eigenvalue weighted by atomic mass is 35.5. The third kappa shape index (κ3) is 5.50. The summed E-state index contributed by atoms with van der Waals surface area (Å²) in [4.78, 5) is 11.3. The zero-order chi connectivity index (χ0) is 20.1. The van der Waals surface area contributed by atoms with Gasteiger partial charge in [-0.15, -0.1) is 0 Å². The first-order valence-corrected chi connectivity index (χ1v) is 9.25. The van der Waals surface area contributed by atoms with E-state index in [0.29, 0.717) is 12.0 Å². The Balaban J connectivity index is 2.22. The number of phenolic OH excluding ortho intramolecular Hbond substituents is 1. The van der Waals surface area contributed by atoms with Gasteiger partial charge in [0, 0.05) is 16.5 Å². The van der Waals surface area contributed by atoms with E-state index in [2.05, 4.69) is 4.74 Å². The molecule has 1 atom stereocenters. The molecule has 0 saturated heterocycles. The van der Waals surface area contributed by atoms with Crippen LogP contribution in [-0.2, 0) is 16.0 Å². The van der Waals surface area contributed by atoms with Gasteiger partial charge in [-0.05, 0) is 47.7 Å². The molecule has 0 amide bonds. The molecule has 0 aliphatic rings. The summed E-state index contributed by atoms with van der Waals surface area (Å²) in [5.41, 5.74) is 2.39. The average molecular weight is 415 g/mol. The molecule has 0 heterocycles. The van der Waals surface area contributed by atoms with Crippen molar-refractivity contribution in [3.8, 4) is 11.5 Å². The topological polar surface area (TPSA) is 55.8 Å². The van der Waals surface area contributed by atoms with Crippen molar-refractivity contribution in [3.63, 3.8) is 0 Å². The minimum absolute atomic E-state index is 0.0304. The van der Waals surface area contributed by atoms with Gasteiger partial charge in [-0.25, -0.2) is 4.79 Å². The van der Waals surface area contributed by atoms with Gasteiger partial charge < -0.3 is 14.6 Å². The van der Waals surface area contributed by atoms with Crippen molar-refractivity contribution >= 4 is 29.2 Å². The maximum Gasteiger partial charge on any atom is 0.381 e. The van der Waals surface area contributed by atoms with E-state index in [1.807, 2.05) is 19.9 Å². The predicted molar refractivity (Wildman–Crippen MR) is 104 cm³/mol. The first kappa shape index (κ1) is 21.3. The zero-order valence-electron chi connectivity index (χ0n) is 15.3. The maximum absolute atomic E-state index is 13.7. The van der Waals surface area contributed by atoms with E-state index in [0.717, 1.165) is 11.1 Å². The number of ether oxygens (including phenoxy) is 2. The van der Waals surface area contributed by atoms with Crippen LogP contribution in [0.15, 0.2) is 30.3 Å². The van der Waals surface area contributed by atoms with Gasteiger partial charge in [0.1, 0.15) is 11.5 Å². The predicted octanol–water partition coefficient (Wildman–Crippen LogP) is 5.65. The lowest BCUT2D eigenvalue weighted by Gasteiger charge is -2.15. The zero-order valence-corrected chi connectivity index (χ0v) is 16.8. The van der Waals surface area contributed by atoms with Crippen LogP contribution in [0.25, 0.3) is 0 Å². The second kappa shape index (κ2) is 9.29. The van der Waals surface area contributed by atoms with Gasteiger partial charge in [0.15, 0.2) is 0 Å². The van der Waals surface area contributed by atoms with Crippen molar-refractivity contribution in [1.82, 2.24) is 0 Å². The Morgan fingerprint density at radius 1 is 1.19 bits per heavy atom. The molecule has 27 heavy (non-hydrogen) atoms. The number of hydrogen-bond acceptors (Lipinski definition) is 4. The molecule has 0 saturated carbocycles. The van der Waals surface area contributed by atoms with Crippen molar-refractivity contribution in [2.45, 2.75) is 39.5 Å². The maximum atomic E-state index is 13.7. The van der Waals surface area contributed by atoms with Crippen molar-refractivity contribution < 1.29 is 23.8 Å². The summed E-state index contributed by atoms with van der Waals surface area (Å²) in [6.07, 6.45) is -1.83. The van der Waals surface area contributed by atoms with E-state index in [-0.39, 0.29) is 34.1 Å². The summed E-state index contributed by atoms with van der Waals surface area (Å²) in [5.74, 6) is -0.680. The lowest BCUT2D eigenvalue weighted by atomic mass is 9.96. The number of rotatable bonds is 7. The standard InChI is InChI=1S/C20H21Cl2FO4/c1-4-26-20(25)19(23)27-13-9-16(21)15(17(22)10-13)8-12-5-6-18(24)14(7-12)11(2)3/h5-7,9-11,19,24H,4,8H2,1-3H3. The Hall–Kier alpha value is -1.98. The number of hydrogen-bond donors (Lipinski definition) is 1. The molecule has 1 unspecified atom stereocenters. The molecular weight excluding hydrogens is 394 g/mol. The van der Waals surface area contributed by atoms with E-state index < -0.39 is 12.3 Å². The highest BCUT2D eigenvalue weighted by Gasteiger charge is 2.21. The van der Waals surface area contributed by atoms with Gasteiger partial charge >= 0.3 is 12.3 Å². The molecule has 1 N–H and O–H groups in total. The number of carbonyl (C=O) groups excluding carboxylic acids is 1. The highest BCUT2D eigenvalue weighted by molar-refractivity contribution is 6.36. The first-order chi connectivity index (χ1) is 12.7. The van der Waals surface area contributed by atoms with Gasteiger partial charge in [-0.1, -0.05) is 49.2 Å². The minimum atomic E-state index is -2.26. The number of benzene rings is 2. The average Bonchev–Trinajstić information content (AvgIpc) is 2.59. The molecule has 0 radical (unpaired) electrons. The van der Waals surface area contributed by atoms with Crippen LogP contribution < -0.4 is 4.74 Å². The molecule has 7 heteroatoms. The number of esters is 1. The lowest BCUT2D eigenvalue weighted by molar-refractivity contribution is -0.159. The van der Waals surface area contributed by atoms with Crippen LogP contribution >= 0.6 is 23.2 Å². The van der Waals surface area contributed by atoms with Crippen molar-refractivity contribution in [2.75, 3.05) is 6.61 Å².